The second-order valence-corrected chi connectivity index (χ2v) is 9.43. The Bertz CT molecular complexity index is 1100. The van der Waals surface area contributed by atoms with Gasteiger partial charge in [0.1, 0.15) is 11.9 Å². The van der Waals surface area contributed by atoms with Gasteiger partial charge in [-0.3, -0.25) is 4.79 Å². The monoisotopic (exact) mass is 471 g/mol. The Kier molecular flexibility index (Phi) is 8.96. The lowest BCUT2D eigenvalue weighted by molar-refractivity contribution is -0.118. The second-order valence-electron chi connectivity index (χ2n) is 9.43. The summed E-state index contributed by atoms with van der Waals surface area (Å²) in [5, 5.41) is 2.92. The van der Waals surface area contributed by atoms with Crippen molar-refractivity contribution in [3.05, 3.63) is 89.5 Å². The molecule has 0 aromatic heterocycles. The highest BCUT2D eigenvalue weighted by molar-refractivity contribution is 5.73. The molecule has 0 heterocycles. The molecule has 3 aromatic carbocycles. The number of rotatable bonds is 10. The van der Waals surface area contributed by atoms with Crippen LogP contribution in [-0.2, 0) is 29.0 Å². The van der Waals surface area contributed by atoms with E-state index in [1.807, 2.05) is 6.07 Å². The smallest absolute Gasteiger partial charge is 0.216 e. The lowest BCUT2D eigenvalue weighted by Crippen LogP contribution is -2.30. The Morgan fingerprint density at radius 1 is 0.943 bits per heavy atom. The van der Waals surface area contributed by atoms with Gasteiger partial charge >= 0.3 is 0 Å². The zero-order valence-electron chi connectivity index (χ0n) is 21.0. The van der Waals surface area contributed by atoms with E-state index in [0.29, 0.717) is 13.2 Å². The SMILES string of the molecule is CCc1cccc(-c2cc(OC3CCCC(OCc4ccccc4)C3)ccc2CCNC(C)=O)c1. The molecule has 0 aliphatic heterocycles. The Morgan fingerprint density at radius 3 is 2.54 bits per heavy atom. The van der Waals surface area contributed by atoms with Gasteiger partial charge in [0.25, 0.3) is 0 Å². The maximum atomic E-state index is 11.4. The number of benzene rings is 3. The molecule has 0 radical (unpaired) electrons. The van der Waals surface area contributed by atoms with Crippen molar-refractivity contribution in [3.8, 4) is 16.9 Å². The summed E-state index contributed by atoms with van der Waals surface area (Å²) in [5.41, 5.74) is 6.11. The second kappa shape index (κ2) is 12.6. The average Bonchev–Trinajstić information content (AvgIpc) is 2.89. The van der Waals surface area contributed by atoms with Crippen molar-refractivity contribution in [2.75, 3.05) is 6.54 Å². The fraction of sp³-hybridized carbons (Fsp3) is 0.387. The van der Waals surface area contributed by atoms with Gasteiger partial charge in [-0.15, -0.1) is 0 Å². The van der Waals surface area contributed by atoms with E-state index in [0.717, 1.165) is 44.3 Å². The van der Waals surface area contributed by atoms with Crippen LogP contribution >= 0.6 is 0 Å². The number of carbonyl (C=O) groups is 1. The average molecular weight is 472 g/mol. The summed E-state index contributed by atoms with van der Waals surface area (Å²) < 4.78 is 12.7. The molecule has 0 spiro atoms. The highest BCUT2D eigenvalue weighted by Crippen LogP contribution is 2.32. The highest BCUT2D eigenvalue weighted by atomic mass is 16.5. The van der Waals surface area contributed by atoms with Crippen molar-refractivity contribution in [3.63, 3.8) is 0 Å². The summed E-state index contributed by atoms with van der Waals surface area (Å²) in [6.45, 7) is 5.01. The van der Waals surface area contributed by atoms with Crippen LogP contribution in [0.2, 0.25) is 0 Å². The third-order valence-corrected chi connectivity index (χ3v) is 6.71. The molecule has 1 aliphatic carbocycles. The Labute approximate surface area is 209 Å². The van der Waals surface area contributed by atoms with E-state index in [1.54, 1.807) is 6.92 Å². The van der Waals surface area contributed by atoms with Gasteiger partial charge < -0.3 is 14.8 Å². The van der Waals surface area contributed by atoms with E-state index in [-0.39, 0.29) is 18.1 Å². The fourth-order valence-electron chi connectivity index (χ4n) is 4.79. The van der Waals surface area contributed by atoms with Gasteiger partial charge in [0.15, 0.2) is 0 Å². The van der Waals surface area contributed by atoms with Gasteiger partial charge in [-0.1, -0.05) is 67.6 Å². The maximum Gasteiger partial charge on any atom is 0.216 e. The van der Waals surface area contributed by atoms with Crippen LogP contribution in [0.15, 0.2) is 72.8 Å². The first-order valence-corrected chi connectivity index (χ1v) is 12.9. The summed E-state index contributed by atoms with van der Waals surface area (Å²) >= 11 is 0. The highest BCUT2D eigenvalue weighted by Gasteiger charge is 2.24. The topological polar surface area (TPSA) is 47.6 Å². The summed E-state index contributed by atoms with van der Waals surface area (Å²) in [5.74, 6) is 0.903. The molecular weight excluding hydrogens is 434 g/mol. The molecule has 2 atom stereocenters. The number of ether oxygens (including phenoxy) is 2. The van der Waals surface area contributed by atoms with Gasteiger partial charge in [-0.25, -0.2) is 0 Å². The molecule has 0 bridgehead atoms. The Balaban J connectivity index is 1.46. The molecule has 1 saturated carbocycles. The van der Waals surface area contributed by atoms with Crippen LogP contribution in [-0.4, -0.2) is 24.7 Å². The van der Waals surface area contributed by atoms with Crippen molar-refractivity contribution in [1.29, 1.82) is 0 Å². The first-order valence-electron chi connectivity index (χ1n) is 12.9. The number of aryl methyl sites for hydroxylation is 1. The van der Waals surface area contributed by atoms with E-state index in [2.05, 4.69) is 79.0 Å². The molecule has 3 aromatic rings. The van der Waals surface area contributed by atoms with Gasteiger partial charge in [0.05, 0.1) is 12.7 Å². The molecule has 0 saturated heterocycles. The molecule has 1 aliphatic rings. The summed E-state index contributed by atoms with van der Waals surface area (Å²) in [4.78, 5) is 11.4. The van der Waals surface area contributed by atoms with Gasteiger partial charge in [0, 0.05) is 19.9 Å². The molecule has 184 valence electrons. The standard InChI is InChI=1S/C31H37NO3/c1-3-24-11-7-12-27(19-24)31-21-30(16-15-26(31)17-18-32-23(2)33)35-29-14-8-13-28(20-29)34-22-25-9-5-4-6-10-25/h4-7,9-12,15-16,19,21,28-29H,3,8,13-14,17-18,20,22H2,1-2H3,(H,32,33). The first kappa shape index (κ1) is 25.0. The predicted molar refractivity (Wildman–Crippen MR) is 142 cm³/mol. The molecule has 1 N–H and O–H groups in total. The predicted octanol–water partition coefficient (Wildman–Crippen LogP) is 6.50. The van der Waals surface area contributed by atoms with Crippen LogP contribution in [0, 0.1) is 0 Å². The van der Waals surface area contributed by atoms with E-state index >= 15 is 0 Å². The lowest BCUT2D eigenvalue weighted by atomic mass is 9.94. The van der Waals surface area contributed by atoms with E-state index in [9.17, 15) is 4.79 Å². The summed E-state index contributed by atoms with van der Waals surface area (Å²) in [6, 6.07) is 25.5. The molecule has 1 fully saturated rings. The quantitative estimate of drug-likeness (QED) is 0.367. The van der Waals surface area contributed by atoms with Gasteiger partial charge in [-0.2, -0.15) is 0 Å². The summed E-state index contributed by atoms with van der Waals surface area (Å²) in [6.07, 6.45) is 6.33. The van der Waals surface area contributed by atoms with Crippen LogP contribution in [0.25, 0.3) is 11.1 Å². The number of hydrogen-bond donors (Lipinski definition) is 1. The number of carbonyl (C=O) groups excluding carboxylic acids is 1. The zero-order chi connectivity index (χ0) is 24.5. The van der Waals surface area contributed by atoms with Crippen LogP contribution in [0.3, 0.4) is 0 Å². The van der Waals surface area contributed by atoms with Gasteiger partial charge in [-0.05, 0) is 72.1 Å². The molecule has 4 heteroatoms. The third-order valence-electron chi connectivity index (χ3n) is 6.71. The van der Waals surface area contributed by atoms with Crippen molar-refractivity contribution >= 4 is 5.91 Å². The minimum absolute atomic E-state index is 0.000759. The van der Waals surface area contributed by atoms with Gasteiger partial charge in [0.2, 0.25) is 5.91 Å². The molecular formula is C31H37NO3. The minimum Gasteiger partial charge on any atom is -0.490 e. The Morgan fingerprint density at radius 2 is 1.74 bits per heavy atom. The Hall–Kier alpha value is -3.11. The summed E-state index contributed by atoms with van der Waals surface area (Å²) in [7, 11) is 0. The van der Waals surface area contributed by atoms with E-state index in [1.165, 1.54) is 27.8 Å². The molecule has 4 rings (SSSR count). The van der Waals surface area contributed by atoms with E-state index in [4.69, 9.17) is 9.47 Å². The van der Waals surface area contributed by atoms with Crippen LogP contribution in [0.5, 0.6) is 5.75 Å². The number of hydrogen-bond acceptors (Lipinski definition) is 3. The van der Waals surface area contributed by atoms with Crippen molar-refractivity contribution < 1.29 is 14.3 Å². The zero-order valence-corrected chi connectivity index (χ0v) is 21.0. The third kappa shape index (κ3) is 7.43. The van der Waals surface area contributed by atoms with Crippen molar-refractivity contribution in [1.82, 2.24) is 5.32 Å². The maximum absolute atomic E-state index is 11.4. The largest absolute Gasteiger partial charge is 0.490 e. The normalized spacial score (nSPS) is 17.7. The molecule has 1 amide bonds. The number of amides is 1. The fourth-order valence-corrected chi connectivity index (χ4v) is 4.79. The van der Waals surface area contributed by atoms with E-state index < -0.39 is 0 Å². The van der Waals surface area contributed by atoms with Crippen LogP contribution in [0.1, 0.15) is 56.2 Å². The van der Waals surface area contributed by atoms with Crippen LogP contribution in [0.4, 0.5) is 0 Å². The molecule has 2 unspecified atom stereocenters. The number of nitrogens with one attached hydrogen (secondary N) is 1. The lowest BCUT2D eigenvalue weighted by Gasteiger charge is -2.30. The first-order chi connectivity index (χ1) is 17.1. The molecule has 4 nitrogen and oxygen atoms in total. The van der Waals surface area contributed by atoms with Crippen molar-refractivity contribution in [2.45, 2.75) is 71.2 Å². The van der Waals surface area contributed by atoms with Crippen LogP contribution < -0.4 is 10.1 Å². The minimum atomic E-state index is 0.000759. The molecule has 35 heavy (non-hydrogen) atoms. The van der Waals surface area contributed by atoms with Crippen molar-refractivity contribution in [2.24, 2.45) is 0 Å².